The summed E-state index contributed by atoms with van der Waals surface area (Å²) >= 11 is 0. The standard InChI is InChI=1S/C28H56O4/c1-4-7-10-12-13-15-19-26(18-14-11-8-5-2)23-28(30)32-25-27(24-29)20-16-17-22-31-21-9-6-3/h26-27,29H,4-25H2,1-3H3. The average Bonchev–Trinajstić information content (AvgIpc) is 2.80. The molecule has 0 saturated heterocycles. The van der Waals surface area contributed by atoms with Crippen LogP contribution in [0.4, 0.5) is 0 Å². The maximum absolute atomic E-state index is 12.5. The zero-order chi connectivity index (χ0) is 23.7. The minimum Gasteiger partial charge on any atom is -0.465 e. The van der Waals surface area contributed by atoms with Crippen LogP contribution in [-0.2, 0) is 14.3 Å². The molecule has 2 atom stereocenters. The zero-order valence-electron chi connectivity index (χ0n) is 21.9. The summed E-state index contributed by atoms with van der Waals surface area (Å²) in [4.78, 5) is 12.5. The van der Waals surface area contributed by atoms with Crippen LogP contribution in [0.5, 0.6) is 0 Å². The topological polar surface area (TPSA) is 55.8 Å². The fraction of sp³-hybridized carbons (Fsp3) is 0.964. The Bertz CT molecular complexity index is 386. The molecule has 2 unspecified atom stereocenters. The molecule has 32 heavy (non-hydrogen) atoms. The summed E-state index contributed by atoms with van der Waals surface area (Å²) in [6.07, 6.45) is 20.9. The lowest BCUT2D eigenvalue weighted by Gasteiger charge is -2.18. The predicted molar refractivity (Wildman–Crippen MR) is 136 cm³/mol. The van der Waals surface area contributed by atoms with E-state index in [1.165, 1.54) is 64.2 Å². The number of carbonyl (C=O) groups is 1. The molecular formula is C28H56O4. The SMILES string of the molecule is CCCCCCCCC(CCCCCC)CC(=O)OCC(CO)CCCCOCCCC. The number of esters is 1. The quantitative estimate of drug-likeness (QED) is 0.112. The lowest BCUT2D eigenvalue weighted by Crippen LogP contribution is -2.19. The molecule has 1 N–H and O–H groups in total. The predicted octanol–water partition coefficient (Wildman–Crippen LogP) is 7.85. The molecule has 0 bridgehead atoms. The second-order valence-electron chi connectivity index (χ2n) is 9.67. The summed E-state index contributed by atoms with van der Waals surface area (Å²) in [5.41, 5.74) is 0. The summed E-state index contributed by atoms with van der Waals surface area (Å²) < 4.78 is 11.2. The first-order valence-corrected chi connectivity index (χ1v) is 14.0. The van der Waals surface area contributed by atoms with Crippen molar-refractivity contribution in [2.75, 3.05) is 26.4 Å². The maximum Gasteiger partial charge on any atom is 0.306 e. The molecule has 4 heteroatoms. The highest BCUT2D eigenvalue weighted by atomic mass is 16.5. The Balaban J connectivity index is 4.13. The van der Waals surface area contributed by atoms with Gasteiger partial charge in [-0.1, -0.05) is 97.8 Å². The van der Waals surface area contributed by atoms with Crippen LogP contribution in [-0.4, -0.2) is 37.5 Å². The fourth-order valence-corrected chi connectivity index (χ4v) is 4.14. The highest BCUT2D eigenvalue weighted by Gasteiger charge is 2.17. The molecule has 0 rings (SSSR count). The van der Waals surface area contributed by atoms with Crippen molar-refractivity contribution in [3.05, 3.63) is 0 Å². The van der Waals surface area contributed by atoms with Gasteiger partial charge in [-0.2, -0.15) is 0 Å². The average molecular weight is 457 g/mol. The smallest absolute Gasteiger partial charge is 0.306 e. The van der Waals surface area contributed by atoms with Gasteiger partial charge in [0.2, 0.25) is 0 Å². The number of aliphatic hydroxyl groups excluding tert-OH is 1. The van der Waals surface area contributed by atoms with Crippen molar-refractivity contribution in [3.8, 4) is 0 Å². The molecule has 0 heterocycles. The summed E-state index contributed by atoms with van der Waals surface area (Å²) in [5.74, 6) is 0.437. The van der Waals surface area contributed by atoms with Crippen LogP contribution < -0.4 is 0 Å². The van der Waals surface area contributed by atoms with E-state index in [-0.39, 0.29) is 18.5 Å². The van der Waals surface area contributed by atoms with Gasteiger partial charge in [0.25, 0.3) is 0 Å². The Morgan fingerprint density at radius 1 is 0.656 bits per heavy atom. The molecule has 0 saturated carbocycles. The van der Waals surface area contributed by atoms with Crippen LogP contribution in [0.1, 0.15) is 136 Å². The van der Waals surface area contributed by atoms with Crippen molar-refractivity contribution in [1.29, 1.82) is 0 Å². The van der Waals surface area contributed by atoms with Crippen LogP contribution >= 0.6 is 0 Å². The Morgan fingerprint density at radius 2 is 1.16 bits per heavy atom. The van der Waals surface area contributed by atoms with Crippen LogP contribution in [0.2, 0.25) is 0 Å². The Labute approximate surface area is 200 Å². The lowest BCUT2D eigenvalue weighted by molar-refractivity contribution is -0.146. The first-order chi connectivity index (χ1) is 15.7. The number of aliphatic hydroxyl groups is 1. The van der Waals surface area contributed by atoms with E-state index in [0.717, 1.165) is 58.2 Å². The number of ether oxygens (including phenoxy) is 2. The van der Waals surface area contributed by atoms with Gasteiger partial charge >= 0.3 is 5.97 Å². The molecule has 0 amide bonds. The second-order valence-corrected chi connectivity index (χ2v) is 9.67. The normalized spacial score (nSPS) is 13.2. The Kier molecular flexibility index (Phi) is 24.5. The van der Waals surface area contributed by atoms with Crippen LogP contribution in [0.25, 0.3) is 0 Å². The van der Waals surface area contributed by atoms with Gasteiger partial charge in [-0.3, -0.25) is 4.79 Å². The molecule has 0 aliphatic carbocycles. The first kappa shape index (κ1) is 31.4. The van der Waals surface area contributed by atoms with Crippen LogP contribution in [0, 0.1) is 11.8 Å². The summed E-state index contributed by atoms with van der Waals surface area (Å²) in [6.45, 7) is 8.73. The highest BCUT2D eigenvalue weighted by molar-refractivity contribution is 5.69. The fourth-order valence-electron chi connectivity index (χ4n) is 4.14. The molecule has 0 radical (unpaired) electrons. The van der Waals surface area contributed by atoms with E-state index in [0.29, 0.717) is 18.9 Å². The number of hydrogen-bond donors (Lipinski definition) is 1. The Morgan fingerprint density at radius 3 is 1.78 bits per heavy atom. The number of rotatable bonds is 25. The third kappa shape index (κ3) is 21.2. The molecule has 0 aromatic carbocycles. The van der Waals surface area contributed by atoms with Gasteiger partial charge < -0.3 is 14.6 Å². The second kappa shape index (κ2) is 25.0. The molecule has 0 fully saturated rings. The summed E-state index contributed by atoms with van der Waals surface area (Å²) in [5, 5.41) is 9.64. The van der Waals surface area contributed by atoms with Gasteiger partial charge in [-0.25, -0.2) is 0 Å². The van der Waals surface area contributed by atoms with Gasteiger partial charge in [0.1, 0.15) is 0 Å². The molecule has 0 aromatic rings. The molecule has 0 spiro atoms. The van der Waals surface area contributed by atoms with Crippen LogP contribution in [0.3, 0.4) is 0 Å². The number of unbranched alkanes of at least 4 members (excludes halogenated alkanes) is 10. The van der Waals surface area contributed by atoms with Gasteiger partial charge in [0.15, 0.2) is 0 Å². The third-order valence-corrected chi connectivity index (χ3v) is 6.42. The number of carbonyl (C=O) groups excluding carboxylic acids is 1. The van der Waals surface area contributed by atoms with Gasteiger partial charge in [-0.15, -0.1) is 0 Å². The minimum absolute atomic E-state index is 0.0520. The molecule has 0 aliphatic rings. The molecule has 0 aliphatic heterocycles. The summed E-state index contributed by atoms with van der Waals surface area (Å²) in [6, 6.07) is 0. The number of hydrogen-bond acceptors (Lipinski definition) is 4. The largest absolute Gasteiger partial charge is 0.465 e. The van der Waals surface area contributed by atoms with Crippen molar-refractivity contribution in [1.82, 2.24) is 0 Å². The van der Waals surface area contributed by atoms with Crippen molar-refractivity contribution in [2.24, 2.45) is 11.8 Å². The molecule has 0 aromatic heterocycles. The lowest BCUT2D eigenvalue weighted by atomic mass is 9.91. The van der Waals surface area contributed by atoms with Crippen molar-refractivity contribution in [2.45, 2.75) is 136 Å². The first-order valence-electron chi connectivity index (χ1n) is 14.0. The summed E-state index contributed by atoms with van der Waals surface area (Å²) in [7, 11) is 0. The Hall–Kier alpha value is -0.610. The van der Waals surface area contributed by atoms with E-state index in [1.54, 1.807) is 0 Å². The van der Waals surface area contributed by atoms with E-state index in [1.807, 2.05) is 0 Å². The van der Waals surface area contributed by atoms with Crippen molar-refractivity contribution in [3.63, 3.8) is 0 Å². The van der Waals surface area contributed by atoms with E-state index in [9.17, 15) is 9.90 Å². The van der Waals surface area contributed by atoms with Crippen molar-refractivity contribution >= 4 is 5.97 Å². The minimum atomic E-state index is -0.0715. The molecule has 192 valence electrons. The van der Waals surface area contributed by atoms with E-state index < -0.39 is 0 Å². The monoisotopic (exact) mass is 456 g/mol. The molecular weight excluding hydrogens is 400 g/mol. The van der Waals surface area contributed by atoms with Gasteiger partial charge in [-0.05, 0) is 38.0 Å². The van der Waals surface area contributed by atoms with E-state index in [2.05, 4.69) is 20.8 Å². The highest BCUT2D eigenvalue weighted by Crippen LogP contribution is 2.23. The maximum atomic E-state index is 12.5. The van der Waals surface area contributed by atoms with Crippen molar-refractivity contribution < 1.29 is 19.4 Å². The van der Waals surface area contributed by atoms with Crippen LogP contribution in [0.15, 0.2) is 0 Å². The molecule has 4 nitrogen and oxygen atoms in total. The van der Waals surface area contributed by atoms with Gasteiger partial charge in [0.05, 0.1) is 6.61 Å². The van der Waals surface area contributed by atoms with Gasteiger partial charge in [0, 0.05) is 32.2 Å². The van der Waals surface area contributed by atoms with E-state index >= 15 is 0 Å². The van der Waals surface area contributed by atoms with E-state index in [4.69, 9.17) is 9.47 Å². The third-order valence-electron chi connectivity index (χ3n) is 6.42. The zero-order valence-corrected chi connectivity index (χ0v) is 21.9.